The van der Waals surface area contributed by atoms with Crippen molar-refractivity contribution in [1.82, 2.24) is 10.6 Å². The van der Waals surface area contributed by atoms with Gasteiger partial charge in [0.2, 0.25) is 5.91 Å². The van der Waals surface area contributed by atoms with Crippen LogP contribution in [0.3, 0.4) is 0 Å². The number of benzene rings is 1. The van der Waals surface area contributed by atoms with Crippen LogP contribution in [-0.2, 0) is 28.1 Å². The van der Waals surface area contributed by atoms with E-state index in [0.29, 0.717) is 29.1 Å². The zero-order chi connectivity index (χ0) is 26.5. The molecule has 0 radical (unpaired) electrons. The number of halogens is 5. The zero-order valence-electron chi connectivity index (χ0n) is 19.5. The molecule has 0 saturated heterocycles. The third-order valence-electron chi connectivity index (χ3n) is 6.58. The number of aryl methyl sites for hydroxylation is 1. The maximum Gasteiger partial charge on any atom is 0.435 e. The summed E-state index contributed by atoms with van der Waals surface area (Å²) in [5, 5.41) is 8.61. The van der Waals surface area contributed by atoms with Crippen LogP contribution in [0.25, 0.3) is 0 Å². The molecule has 2 aromatic rings. The van der Waals surface area contributed by atoms with E-state index in [1.54, 1.807) is 6.21 Å². The van der Waals surface area contributed by atoms with Crippen LogP contribution in [0.4, 0.5) is 17.6 Å². The highest BCUT2D eigenvalue weighted by atomic mass is 35.5. The summed E-state index contributed by atoms with van der Waals surface area (Å²) in [4.78, 5) is 34.7. The van der Waals surface area contributed by atoms with Gasteiger partial charge in [0.1, 0.15) is 17.6 Å². The third-order valence-corrected chi connectivity index (χ3v) is 8.18. The Morgan fingerprint density at radius 3 is 2.65 bits per heavy atom. The first kappa shape index (κ1) is 25.7. The highest BCUT2D eigenvalue weighted by Gasteiger charge is 2.62. The molecule has 13 heteroatoms. The van der Waals surface area contributed by atoms with Gasteiger partial charge in [-0.2, -0.15) is 13.2 Å². The summed E-state index contributed by atoms with van der Waals surface area (Å²) in [6.45, 7) is 1.45. The van der Waals surface area contributed by atoms with Crippen molar-refractivity contribution in [2.75, 3.05) is 13.1 Å². The van der Waals surface area contributed by atoms with E-state index in [2.05, 4.69) is 20.8 Å². The minimum atomic E-state index is -4.88. The monoisotopic (exact) mass is 556 g/mol. The fraction of sp³-hybridized carbons (Fsp3) is 0.417. The molecule has 0 fully saturated rings. The van der Waals surface area contributed by atoms with E-state index in [1.165, 1.54) is 6.92 Å². The van der Waals surface area contributed by atoms with Gasteiger partial charge in [0.25, 0.3) is 11.5 Å². The number of hydrogen-bond donors (Lipinski definition) is 2. The van der Waals surface area contributed by atoms with E-state index in [1.807, 2.05) is 0 Å². The Hall–Kier alpha value is -2.99. The van der Waals surface area contributed by atoms with Crippen LogP contribution in [-0.4, -0.2) is 49.0 Å². The molecule has 1 aromatic heterocycles. The van der Waals surface area contributed by atoms with Gasteiger partial charge in [-0.25, -0.2) is 4.39 Å². The second-order valence-electron chi connectivity index (χ2n) is 9.14. The average molecular weight is 557 g/mol. The molecule has 2 atom stereocenters. The van der Waals surface area contributed by atoms with Crippen LogP contribution in [0.15, 0.2) is 22.3 Å². The third kappa shape index (κ3) is 4.72. The van der Waals surface area contributed by atoms with Crippen LogP contribution in [0.5, 0.6) is 0 Å². The molecule has 7 nitrogen and oxygen atoms in total. The predicted molar refractivity (Wildman–Crippen MR) is 130 cm³/mol. The summed E-state index contributed by atoms with van der Waals surface area (Å²) in [5.41, 5.74) is -1.67. The summed E-state index contributed by atoms with van der Waals surface area (Å²) in [5.74, 6) is -1.65. The molecule has 3 heterocycles. The lowest BCUT2D eigenvalue weighted by Crippen LogP contribution is -2.42. The summed E-state index contributed by atoms with van der Waals surface area (Å²) in [6.07, 6.45) is -1.94. The number of carbonyl (C=O) groups is 2. The number of rotatable bonds is 7. The van der Waals surface area contributed by atoms with Gasteiger partial charge >= 0.3 is 6.18 Å². The van der Waals surface area contributed by atoms with E-state index in [-0.39, 0.29) is 35.3 Å². The first-order valence-corrected chi connectivity index (χ1v) is 12.7. The highest BCUT2D eigenvalue weighted by molar-refractivity contribution is 7.16. The molecule has 1 aromatic carbocycles. The Balaban J connectivity index is 1.39. The van der Waals surface area contributed by atoms with Crippen molar-refractivity contribution in [2.24, 2.45) is 10.1 Å². The molecule has 2 aliphatic heterocycles. The molecule has 0 bridgehead atoms. The van der Waals surface area contributed by atoms with Gasteiger partial charge in [-0.1, -0.05) is 16.8 Å². The normalized spacial score (nSPS) is 21.9. The number of aliphatic imine (C=N–C) groups is 1. The summed E-state index contributed by atoms with van der Waals surface area (Å²) in [6, 6.07) is 1.98. The van der Waals surface area contributed by atoms with Gasteiger partial charge in [0.15, 0.2) is 0 Å². The summed E-state index contributed by atoms with van der Waals surface area (Å²) < 4.78 is 57.3. The van der Waals surface area contributed by atoms with E-state index in [9.17, 15) is 27.2 Å². The van der Waals surface area contributed by atoms with E-state index in [4.69, 9.17) is 16.4 Å². The number of thiophene rings is 1. The van der Waals surface area contributed by atoms with E-state index in [0.717, 1.165) is 41.0 Å². The minimum Gasteiger partial charge on any atom is -0.374 e. The Labute approximate surface area is 217 Å². The molecule has 5 rings (SSSR count). The summed E-state index contributed by atoms with van der Waals surface area (Å²) in [7, 11) is 0. The van der Waals surface area contributed by atoms with Gasteiger partial charge in [-0.15, -0.1) is 11.3 Å². The second kappa shape index (κ2) is 9.39. The van der Waals surface area contributed by atoms with Gasteiger partial charge in [-0.3, -0.25) is 14.6 Å². The van der Waals surface area contributed by atoms with Crippen molar-refractivity contribution in [2.45, 2.75) is 50.4 Å². The van der Waals surface area contributed by atoms with Gasteiger partial charge in [0.05, 0.1) is 27.7 Å². The van der Waals surface area contributed by atoms with E-state index < -0.39 is 34.9 Å². The van der Waals surface area contributed by atoms with Crippen molar-refractivity contribution in [3.05, 3.63) is 55.0 Å². The minimum absolute atomic E-state index is 0.0100. The quantitative estimate of drug-likeness (QED) is 0.500. The molecule has 2 N–H and O–H groups in total. The lowest BCUT2D eigenvalue weighted by Gasteiger charge is -2.30. The van der Waals surface area contributed by atoms with Crippen LogP contribution in [0.1, 0.15) is 49.6 Å². The standard InChI is InChI=1S/C24H21ClF4N4O3S/c1-11-5-12(6-16(25)19(11)26)23(24(27,28)29)7-17(33-36-23)20-14-3-2-4-15(14)21(37-20)22(35)32-10-18(34)31-9-13-8-30-13/h5-6,8,13H,2-4,7,9-10H2,1H3,(H,31,34)(H,32,35). The Morgan fingerprint density at radius 1 is 1.24 bits per heavy atom. The molecule has 2 unspecified atom stereocenters. The van der Waals surface area contributed by atoms with Crippen LogP contribution in [0.2, 0.25) is 5.02 Å². The van der Waals surface area contributed by atoms with Gasteiger partial charge in [0, 0.05) is 18.3 Å². The van der Waals surface area contributed by atoms with Crippen LogP contribution < -0.4 is 10.6 Å². The maximum atomic E-state index is 14.4. The molecule has 0 saturated carbocycles. The molecular formula is C24H21ClF4N4O3S. The molecule has 37 heavy (non-hydrogen) atoms. The lowest BCUT2D eigenvalue weighted by atomic mass is 9.86. The molecule has 2 amide bonds. The number of fused-ring (bicyclic) bond motifs is 1. The van der Waals surface area contributed by atoms with Crippen molar-refractivity contribution >= 4 is 46.7 Å². The van der Waals surface area contributed by atoms with Gasteiger partial charge in [-0.05, 0) is 55.0 Å². The topological polar surface area (TPSA) is 92.2 Å². The van der Waals surface area contributed by atoms with Crippen LogP contribution in [0, 0.1) is 12.7 Å². The van der Waals surface area contributed by atoms with E-state index >= 15 is 0 Å². The molecule has 1 aliphatic carbocycles. The number of nitrogens with zero attached hydrogens (tertiary/aromatic N) is 2. The largest absolute Gasteiger partial charge is 0.435 e. The van der Waals surface area contributed by atoms with Gasteiger partial charge < -0.3 is 15.5 Å². The fourth-order valence-electron chi connectivity index (χ4n) is 4.56. The van der Waals surface area contributed by atoms with Crippen molar-refractivity contribution in [3.8, 4) is 0 Å². The Morgan fingerprint density at radius 2 is 1.97 bits per heavy atom. The number of oxime groups is 1. The average Bonchev–Trinajstić information content (AvgIpc) is 3.20. The Bertz CT molecular complexity index is 1330. The number of amides is 2. The smallest absolute Gasteiger partial charge is 0.374 e. The molecule has 0 spiro atoms. The zero-order valence-corrected chi connectivity index (χ0v) is 21.0. The SMILES string of the molecule is Cc1cc(C2(C(F)(F)F)CC(c3sc(C(=O)NCC(=O)NCC4C=N4)c4c3CCC4)=NO2)cc(Cl)c1F. The number of hydrogen-bond acceptors (Lipinski definition) is 6. The molecular weight excluding hydrogens is 536 g/mol. The predicted octanol–water partition coefficient (Wildman–Crippen LogP) is 4.22. The number of nitrogens with one attached hydrogen (secondary N) is 2. The second-order valence-corrected chi connectivity index (χ2v) is 10.6. The van der Waals surface area contributed by atoms with Crippen molar-refractivity contribution < 1.29 is 32.0 Å². The number of carbonyl (C=O) groups excluding carboxylic acids is 2. The fourth-order valence-corrected chi connectivity index (χ4v) is 6.12. The summed E-state index contributed by atoms with van der Waals surface area (Å²) >= 11 is 6.89. The lowest BCUT2D eigenvalue weighted by molar-refractivity contribution is -0.275. The first-order chi connectivity index (χ1) is 17.5. The van der Waals surface area contributed by atoms with Crippen molar-refractivity contribution in [1.29, 1.82) is 0 Å². The maximum absolute atomic E-state index is 14.4. The van der Waals surface area contributed by atoms with Crippen LogP contribution >= 0.6 is 22.9 Å². The first-order valence-electron chi connectivity index (χ1n) is 11.5. The van der Waals surface area contributed by atoms with Crippen molar-refractivity contribution in [3.63, 3.8) is 0 Å². The highest BCUT2D eigenvalue weighted by Crippen LogP contribution is 2.51. The number of alkyl halides is 3. The Kier molecular flexibility index (Phi) is 6.51. The molecule has 3 aliphatic rings. The molecule has 196 valence electrons.